The molecule has 8 heteroatoms. The number of amides is 2. The predicted octanol–water partition coefficient (Wildman–Crippen LogP) is 4.23. The lowest BCUT2D eigenvalue weighted by molar-refractivity contribution is 0.241. The Morgan fingerprint density at radius 2 is 1.87 bits per heavy atom. The topological polar surface area (TPSA) is 67.7 Å². The average molecular weight is 443 g/mol. The number of ether oxygens (including phenoxy) is 1. The highest BCUT2D eigenvalue weighted by molar-refractivity contribution is 7.07. The van der Waals surface area contributed by atoms with Crippen molar-refractivity contribution >= 4 is 23.1 Å². The molecular formula is C23H27FN4O2S. The van der Waals surface area contributed by atoms with E-state index in [-0.39, 0.29) is 11.8 Å². The lowest BCUT2D eigenvalue weighted by atomic mass is 10.1. The summed E-state index contributed by atoms with van der Waals surface area (Å²) in [6.07, 6.45) is 1.52. The molecule has 1 aromatic heterocycles. The van der Waals surface area contributed by atoms with Crippen LogP contribution in [0.4, 0.5) is 14.9 Å². The third-order valence-corrected chi connectivity index (χ3v) is 5.57. The second-order valence-corrected chi connectivity index (χ2v) is 7.75. The molecular weight excluding hydrogens is 415 g/mol. The van der Waals surface area contributed by atoms with Gasteiger partial charge in [-0.3, -0.25) is 0 Å². The first kappa shape index (κ1) is 22.6. The van der Waals surface area contributed by atoms with Gasteiger partial charge >= 0.3 is 6.03 Å². The SMILES string of the molecule is CCNC(=O)NCCCn1c(Cc2ccc(OC)cc2)csc1=Nc1ccc(F)cc1. The molecule has 1 heterocycles. The van der Waals surface area contributed by atoms with Gasteiger partial charge in [0.1, 0.15) is 11.6 Å². The van der Waals surface area contributed by atoms with Crippen molar-refractivity contribution < 1.29 is 13.9 Å². The molecule has 0 spiro atoms. The summed E-state index contributed by atoms with van der Waals surface area (Å²) in [5, 5.41) is 7.69. The zero-order valence-corrected chi connectivity index (χ0v) is 18.5. The second-order valence-electron chi connectivity index (χ2n) is 6.91. The van der Waals surface area contributed by atoms with E-state index in [1.54, 1.807) is 30.6 Å². The first-order valence-corrected chi connectivity index (χ1v) is 11.1. The molecule has 0 radical (unpaired) electrons. The van der Waals surface area contributed by atoms with Crippen LogP contribution in [0.25, 0.3) is 0 Å². The van der Waals surface area contributed by atoms with Crippen molar-refractivity contribution in [3.63, 3.8) is 0 Å². The molecule has 0 saturated carbocycles. The van der Waals surface area contributed by atoms with E-state index in [0.717, 1.165) is 29.1 Å². The molecule has 164 valence electrons. The van der Waals surface area contributed by atoms with Crippen LogP contribution in [0.3, 0.4) is 0 Å². The zero-order chi connectivity index (χ0) is 22.1. The number of nitrogens with one attached hydrogen (secondary N) is 2. The summed E-state index contributed by atoms with van der Waals surface area (Å²) in [6.45, 7) is 3.75. The largest absolute Gasteiger partial charge is 0.497 e. The number of carbonyl (C=O) groups excluding carboxylic acids is 1. The fourth-order valence-electron chi connectivity index (χ4n) is 3.07. The van der Waals surface area contributed by atoms with E-state index in [1.807, 2.05) is 31.2 Å². The molecule has 3 rings (SSSR count). The normalized spacial score (nSPS) is 11.4. The quantitative estimate of drug-likeness (QED) is 0.487. The number of halogens is 1. The Bertz CT molecular complexity index is 1040. The Labute approximate surface area is 185 Å². The van der Waals surface area contributed by atoms with Crippen molar-refractivity contribution in [2.45, 2.75) is 26.3 Å². The number of benzene rings is 2. The maximum absolute atomic E-state index is 13.2. The van der Waals surface area contributed by atoms with Gasteiger partial charge in [-0.05, 0) is 55.3 Å². The highest BCUT2D eigenvalue weighted by Gasteiger charge is 2.08. The van der Waals surface area contributed by atoms with E-state index in [0.29, 0.717) is 25.3 Å². The molecule has 0 saturated heterocycles. The standard InChI is InChI=1S/C23H27FN4O2S/c1-3-25-22(29)26-13-4-14-28-20(15-17-5-11-21(30-2)12-6-17)16-31-23(28)27-19-9-7-18(24)8-10-19/h5-12,16H,3-4,13-15H2,1-2H3,(H2,25,26,29). The van der Waals surface area contributed by atoms with Crippen LogP contribution in [0.2, 0.25) is 0 Å². The smallest absolute Gasteiger partial charge is 0.314 e. The lowest BCUT2D eigenvalue weighted by Crippen LogP contribution is -2.36. The third-order valence-electron chi connectivity index (χ3n) is 4.66. The molecule has 0 atom stereocenters. The van der Waals surface area contributed by atoms with Crippen LogP contribution in [0.15, 0.2) is 58.9 Å². The van der Waals surface area contributed by atoms with Crippen LogP contribution >= 0.6 is 11.3 Å². The Hall–Kier alpha value is -3.13. The van der Waals surface area contributed by atoms with Gasteiger partial charge in [0.05, 0.1) is 12.8 Å². The molecule has 0 aliphatic rings. The highest BCUT2D eigenvalue weighted by atomic mass is 32.1. The van der Waals surface area contributed by atoms with Gasteiger partial charge in [-0.1, -0.05) is 12.1 Å². The van der Waals surface area contributed by atoms with Crippen molar-refractivity contribution in [1.82, 2.24) is 15.2 Å². The van der Waals surface area contributed by atoms with Crippen molar-refractivity contribution in [1.29, 1.82) is 0 Å². The molecule has 2 aromatic carbocycles. The van der Waals surface area contributed by atoms with Gasteiger partial charge in [0.2, 0.25) is 0 Å². The van der Waals surface area contributed by atoms with E-state index in [2.05, 4.69) is 20.6 Å². The number of hydrogen-bond donors (Lipinski definition) is 2. The fourth-order valence-corrected chi connectivity index (χ4v) is 4.02. The van der Waals surface area contributed by atoms with Gasteiger partial charge in [0.25, 0.3) is 0 Å². The van der Waals surface area contributed by atoms with Gasteiger partial charge in [-0.25, -0.2) is 14.2 Å². The molecule has 0 aliphatic carbocycles. The molecule has 0 fully saturated rings. The van der Waals surface area contributed by atoms with Gasteiger partial charge in [0.15, 0.2) is 4.80 Å². The monoisotopic (exact) mass is 442 g/mol. The molecule has 3 aromatic rings. The number of thiazole rings is 1. The number of rotatable bonds is 9. The van der Waals surface area contributed by atoms with Crippen LogP contribution in [0.5, 0.6) is 5.75 Å². The van der Waals surface area contributed by atoms with Crippen LogP contribution < -0.4 is 20.2 Å². The first-order valence-electron chi connectivity index (χ1n) is 10.2. The van der Waals surface area contributed by atoms with E-state index in [9.17, 15) is 9.18 Å². The summed E-state index contributed by atoms with van der Waals surface area (Å²) in [7, 11) is 1.65. The van der Waals surface area contributed by atoms with Crippen LogP contribution in [-0.4, -0.2) is 30.8 Å². The number of nitrogens with zero attached hydrogens (tertiary/aromatic N) is 2. The highest BCUT2D eigenvalue weighted by Crippen LogP contribution is 2.17. The minimum absolute atomic E-state index is 0.160. The summed E-state index contributed by atoms with van der Waals surface area (Å²) in [5.41, 5.74) is 3.00. The van der Waals surface area contributed by atoms with E-state index < -0.39 is 0 Å². The van der Waals surface area contributed by atoms with Gasteiger partial charge < -0.3 is 19.9 Å². The average Bonchev–Trinajstić information content (AvgIpc) is 3.14. The maximum Gasteiger partial charge on any atom is 0.314 e. The number of hydrogen-bond acceptors (Lipinski definition) is 4. The summed E-state index contributed by atoms with van der Waals surface area (Å²) >= 11 is 1.55. The van der Waals surface area contributed by atoms with Gasteiger partial charge in [0, 0.05) is 37.1 Å². The summed E-state index contributed by atoms with van der Waals surface area (Å²) in [6, 6.07) is 14.0. The second kappa shape index (κ2) is 11.3. The summed E-state index contributed by atoms with van der Waals surface area (Å²) < 4.78 is 20.6. The number of urea groups is 1. The van der Waals surface area contributed by atoms with Gasteiger partial charge in [-0.2, -0.15) is 0 Å². The molecule has 31 heavy (non-hydrogen) atoms. The zero-order valence-electron chi connectivity index (χ0n) is 17.7. The molecule has 2 N–H and O–H groups in total. The summed E-state index contributed by atoms with van der Waals surface area (Å²) in [5.74, 6) is 0.542. The van der Waals surface area contributed by atoms with Crippen LogP contribution in [0, 0.1) is 5.82 Å². The molecule has 0 unspecified atom stereocenters. The number of carbonyl (C=O) groups is 1. The molecule has 2 amide bonds. The molecule has 0 bridgehead atoms. The van der Waals surface area contributed by atoms with Gasteiger partial charge in [-0.15, -0.1) is 11.3 Å². The number of methoxy groups -OCH3 is 1. The minimum atomic E-state index is -0.283. The first-order chi connectivity index (χ1) is 15.1. The molecule has 0 aliphatic heterocycles. The Morgan fingerprint density at radius 3 is 2.55 bits per heavy atom. The van der Waals surface area contributed by atoms with Crippen molar-refractivity contribution in [2.24, 2.45) is 4.99 Å². The summed E-state index contributed by atoms with van der Waals surface area (Å²) in [4.78, 5) is 17.2. The van der Waals surface area contributed by atoms with E-state index in [1.165, 1.54) is 17.7 Å². The number of aromatic nitrogens is 1. The van der Waals surface area contributed by atoms with E-state index >= 15 is 0 Å². The Morgan fingerprint density at radius 1 is 1.13 bits per heavy atom. The minimum Gasteiger partial charge on any atom is -0.497 e. The maximum atomic E-state index is 13.2. The van der Waals surface area contributed by atoms with Crippen molar-refractivity contribution in [2.75, 3.05) is 20.2 Å². The Kier molecular flexibility index (Phi) is 8.23. The van der Waals surface area contributed by atoms with Crippen molar-refractivity contribution in [3.05, 3.63) is 75.8 Å². The Balaban J connectivity index is 1.80. The van der Waals surface area contributed by atoms with Crippen LogP contribution in [-0.2, 0) is 13.0 Å². The fraction of sp³-hybridized carbons (Fsp3) is 0.304. The van der Waals surface area contributed by atoms with Crippen molar-refractivity contribution in [3.8, 4) is 5.75 Å². The predicted molar refractivity (Wildman–Crippen MR) is 121 cm³/mol. The molecule has 6 nitrogen and oxygen atoms in total. The third kappa shape index (κ3) is 6.68. The van der Waals surface area contributed by atoms with E-state index in [4.69, 9.17) is 9.73 Å². The lowest BCUT2D eigenvalue weighted by Gasteiger charge is -2.11. The van der Waals surface area contributed by atoms with Crippen LogP contribution in [0.1, 0.15) is 24.6 Å².